The molecule has 0 saturated heterocycles. The summed E-state index contributed by atoms with van der Waals surface area (Å²) in [7, 11) is 0. The van der Waals surface area contributed by atoms with Crippen molar-refractivity contribution >= 4 is 17.4 Å². The van der Waals surface area contributed by atoms with E-state index in [1.165, 1.54) is 0 Å². The van der Waals surface area contributed by atoms with Crippen molar-refractivity contribution in [3.63, 3.8) is 0 Å². The average molecular weight is 335 g/mol. The molecule has 24 heavy (non-hydrogen) atoms. The third-order valence-corrected chi connectivity index (χ3v) is 3.91. The van der Waals surface area contributed by atoms with E-state index in [0.29, 0.717) is 10.8 Å². The summed E-state index contributed by atoms with van der Waals surface area (Å²) in [4.78, 5) is 8.73. The van der Waals surface area contributed by atoms with Gasteiger partial charge in [-0.2, -0.15) is 5.26 Å². The second-order valence-electron chi connectivity index (χ2n) is 5.38. The van der Waals surface area contributed by atoms with Crippen LogP contribution < -0.4 is 5.32 Å². The van der Waals surface area contributed by atoms with Crippen molar-refractivity contribution in [3.8, 4) is 6.07 Å². The molecule has 2 heterocycles. The van der Waals surface area contributed by atoms with Crippen molar-refractivity contribution in [2.24, 2.45) is 0 Å². The first-order chi connectivity index (χ1) is 11.7. The number of nitriles is 1. The Morgan fingerprint density at radius 1 is 1.12 bits per heavy atom. The Balaban J connectivity index is 2.01. The van der Waals surface area contributed by atoms with E-state index in [2.05, 4.69) is 21.4 Å². The van der Waals surface area contributed by atoms with Gasteiger partial charge in [0.2, 0.25) is 0 Å². The van der Waals surface area contributed by atoms with Crippen LogP contribution in [0.2, 0.25) is 5.02 Å². The van der Waals surface area contributed by atoms with E-state index >= 15 is 0 Å². The number of benzene rings is 1. The van der Waals surface area contributed by atoms with E-state index in [9.17, 15) is 0 Å². The maximum absolute atomic E-state index is 9.11. The summed E-state index contributed by atoms with van der Waals surface area (Å²) in [6.45, 7) is 2.05. The highest BCUT2D eigenvalue weighted by Crippen LogP contribution is 2.26. The normalized spacial score (nSPS) is 11.5. The SMILES string of the molecule is Cc1cccc(C(Nc2ccc(Cl)c(C#N)n2)c2ccccn2)c1. The van der Waals surface area contributed by atoms with Crippen molar-refractivity contribution in [2.45, 2.75) is 13.0 Å². The van der Waals surface area contributed by atoms with Gasteiger partial charge in [-0.15, -0.1) is 0 Å². The molecular formula is C19H15ClN4. The van der Waals surface area contributed by atoms with Gasteiger partial charge in [-0.25, -0.2) is 4.98 Å². The predicted molar refractivity (Wildman–Crippen MR) is 94.8 cm³/mol. The van der Waals surface area contributed by atoms with Crippen LogP contribution in [-0.2, 0) is 0 Å². The summed E-state index contributed by atoms with van der Waals surface area (Å²) < 4.78 is 0. The minimum absolute atomic E-state index is 0.175. The molecule has 4 nitrogen and oxygen atoms in total. The first-order valence-electron chi connectivity index (χ1n) is 7.48. The standard InChI is InChI=1S/C19H15ClN4/c1-13-5-4-6-14(11-13)19(16-7-2-3-10-22-16)24-18-9-8-15(20)17(12-21)23-18/h2-11,19H,1H3,(H,23,24). The highest BCUT2D eigenvalue weighted by atomic mass is 35.5. The van der Waals surface area contributed by atoms with E-state index in [-0.39, 0.29) is 11.7 Å². The lowest BCUT2D eigenvalue weighted by molar-refractivity contribution is 0.876. The lowest BCUT2D eigenvalue weighted by Crippen LogP contribution is -2.15. The quantitative estimate of drug-likeness (QED) is 0.762. The molecule has 3 aromatic rings. The summed E-state index contributed by atoms with van der Waals surface area (Å²) in [5, 5.41) is 12.8. The van der Waals surface area contributed by atoms with Crippen molar-refractivity contribution in [1.29, 1.82) is 5.26 Å². The zero-order chi connectivity index (χ0) is 16.9. The molecule has 0 fully saturated rings. The molecular weight excluding hydrogens is 320 g/mol. The van der Waals surface area contributed by atoms with Gasteiger partial charge in [0.05, 0.1) is 16.8 Å². The Bertz CT molecular complexity index is 887. The minimum Gasteiger partial charge on any atom is -0.358 e. The predicted octanol–water partition coefficient (Wildman–Crippen LogP) is 4.51. The summed E-state index contributed by atoms with van der Waals surface area (Å²) in [5.74, 6) is 0.577. The third kappa shape index (κ3) is 3.53. The van der Waals surface area contributed by atoms with Crippen molar-refractivity contribution in [2.75, 3.05) is 5.32 Å². The summed E-state index contributed by atoms with van der Waals surface area (Å²) in [6, 6.07) is 19.2. The summed E-state index contributed by atoms with van der Waals surface area (Å²) in [5.41, 5.74) is 3.31. The number of anilines is 1. The van der Waals surface area contributed by atoms with Gasteiger partial charge in [0.25, 0.3) is 0 Å². The van der Waals surface area contributed by atoms with Crippen LogP contribution in [0.15, 0.2) is 60.8 Å². The number of nitrogens with zero attached hydrogens (tertiary/aromatic N) is 3. The molecule has 0 bridgehead atoms. The smallest absolute Gasteiger partial charge is 0.161 e. The Labute approximate surface area is 145 Å². The van der Waals surface area contributed by atoms with Gasteiger partial charge < -0.3 is 5.32 Å². The number of rotatable bonds is 4. The molecule has 1 aromatic carbocycles. The highest BCUT2D eigenvalue weighted by Gasteiger charge is 2.16. The minimum atomic E-state index is -0.175. The zero-order valence-electron chi connectivity index (χ0n) is 13.1. The molecule has 2 aromatic heterocycles. The molecule has 0 aliphatic carbocycles. The first kappa shape index (κ1) is 16.0. The maximum Gasteiger partial charge on any atom is 0.161 e. The number of halogens is 1. The number of aryl methyl sites for hydroxylation is 1. The number of hydrogen-bond acceptors (Lipinski definition) is 4. The van der Waals surface area contributed by atoms with Gasteiger partial charge in [0.15, 0.2) is 5.69 Å². The second kappa shape index (κ2) is 7.12. The second-order valence-corrected chi connectivity index (χ2v) is 5.79. The number of pyridine rings is 2. The van der Waals surface area contributed by atoms with Gasteiger partial charge in [-0.1, -0.05) is 47.5 Å². The van der Waals surface area contributed by atoms with Crippen molar-refractivity contribution in [1.82, 2.24) is 9.97 Å². The molecule has 3 rings (SSSR count). The Hall–Kier alpha value is -2.90. The van der Waals surface area contributed by atoms with E-state index in [1.54, 1.807) is 18.3 Å². The van der Waals surface area contributed by atoms with Crippen LogP contribution in [0.25, 0.3) is 0 Å². The Morgan fingerprint density at radius 2 is 2.00 bits per heavy atom. The summed E-state index contributed by atoms with van der Waals surface area (Å²) >= 11 is 5.96. The van der Waals surface area contributed by atoms with Gasteiger partial charge in [0, 0.05) is 6.20 Å². The molecule has 0 spiro atoms. The van der Waals surface area contributed by atoms with Crippen LogP contribution in [-0.4, -0.2) is 9.97 Å². The van der Waals surface area contributed by atoms with Crippen molar-refractivity contribution in [3.05, 3.63) is 88.3 Å². The molecule has 118 valence electrons. The molecule has 0 radical (unpaired) electrons. The number of nitrogens with one attached hydrogen (secondary N) is 1. The lowest BCUT2D eigenvalue weighted by Gasteiger charge is -2.20. The van der Waals surface area contributed by atoms with E-state index < -0.39 is 0 Å². The molecule has 0 aliphatic heterocycles. The molecule has 0 amide bonds. The molecule has 1 N–H and O–H groups in total. The maximum atomic E-state index is 9.11. The van der Waals surface area contributed by atoms with Gasteiger partial charge in [-0.3, -0.25) is 4.98 Å². The van der Waals surface area contributed by atoms with Crippen molar-refractivity contribution < 1.29 is 0 Å². The molecule has 1 unspecified atom stereocenters. The Morgan fingerprint density at radius 3 is 2.71 bits per heavy atom. The fraction of sp³-hybridized carbons (Fsp3) is 0.105. The van der Waals surface area contributed by atoms with Crippen LogP contribution >= 0.6 is 11.6 Å². The number of hydrogen-bond donors (Lipinski definition) is 1. The van der Waals surface area contributed by atoms with Gasteiger partial charge in [-0.05, 0) is 36.8 Å². The first-order valence-corrected chi connectivity index (χ1v) is 7.86. The average Bonchev–Trinajstić information content (AvgIpc) is 2.61. The molecule has 5 heteroatoms. The van der Waals surface area contributed by atoms with Crippen LogP contribution in [0.3, 0.4) is 0 Å². The molecule has 0 saturated carbocycles. The van der Waals surface area contributed by atoms with Crippen LogP contribution in [0.4, 0.5) is 5.82 Å². The van der Waals surface area contributed by atoms with Crippen LogP contribution in [0, 0.1) is 18.3 Å². The Kier molecular flexibility index (Phi) is 4.74. The fourth-order valence-electron chi connectivity index (χ4n) is 2.47. The fourth-order valence-corrected chi connectivity index (χ4v) is 2.62. The topological polar surface area (TPSA) is 61.6 Å². The monoisotopic (exact) mass is 334 g/mol. The lowest BCUT2D eigenvalue weighted by atomic mass is 10.0. The zero-order valence-corrected chi connectivity index (χ0v) is 13.8. The number of aromatic nitrogens is 2. The highest BCUT2D eigenvalue weighted by molar-refractivity contribution is 6.31. The third-order valence-electron chi connectivity index (χ3n) is 3.60. The van der Waals surface area contributed by atoms with Gasteiger partial charge >= 0.3 is 0 Å². The van der Waals surface area contributed by atoms with E-state index in [1.807, 2.05) is 49.4 Å². The van der Waals surface area contributed by atoms with Crippen LogP contribution in [0.5, 0.6) is 0 Å². The molecule has 0 aliphatic rings. The molecule has 1 atom stereocenters. The van der Waals surface area contributed by atoms with E-state index in [0.717, 1.165) is 16.8 Å². The largest absolute Gasteiger partial charge is 0.358 e. The van der Waals surface area contributed by atoms with Crippen LogP contribution in [0.1, 0.15) is 28.6 Å². The summed E-state index contributed by atoms with van der Waals surface area (Å²) in [6.07, 6.45) is 1.76. The van der Waals surface area contributed by atoms with Gasteiger partial charge in [0.1, 0.15) is 11.9 Å². The van der Waals surface area contributed by atoms with E-state index in [4.69, 9.17) is 16.9 Å².